The van der Waals surface area contributed by atoms with Crippen LogP contribution in [0.4, 0.5) is 0 Å². The van der Waals surface area contributed by atoms with Crippen molar-refractivity contribution in [1.29, 1.82) is 0 Å². The molecule has 0 amide bonds. The van der Waals surface area contributed by atoms with E-state index in [-0.39, 0.29) is 22.9 Å². The van der Waals surface area contributed by atoms with Gasteiger partial charge in [-0.3, -0.25) is 0 Å². The lowest BCUT2D eigenvalue weighted by molar-refractivity contribution is -0.183. The third-order valence-corrected chi connectivity index (χ3v) is 10.00. The largest absolute Gasteiger partial charge is 0.393 e. The SMILES string of the molecule is C=C(CC[C@H](C)[C@H]1CC(O)(O)N=C2C3=C(CC[C@@]21C)[C@@]1(C)CC[C@H](O)C[C@@H]1CC3)C(C)C. The Morgan fingerprint density at radius 3 is 2.50 bits per heavy atom. The quantitative estimate of drug-likeness (QED) is 0.373. The van der Waals surface area contributed by atoms with Gasteiger partial charge in [-0.15, -0.1) is 0 Å². The predicted octanol–water partition coefficient (Wildman–Crippen LogP) is 5.77. The molecule has 0 aromatic heterocycles. The average molecular weight is 444 g/mol. The van der Waals surface area contributed by atoms with Crippen molar-refractivity contribution in [3.63, 3.8) is 0 Å². The van der Waals surface area contributed by atoms with Crippen LogP contribution in [0, 0.1) is 34.5 Å². The number of nitrogens with zero attached hydrogens (tertiary/aromatic N) is 1. The third-order valence-electron chi connectivity index (χ3n) is 10.00. The van der Waals surface area contributed by atoms with E-state index in [1.807, 2.05) is 0 Å². The van der Waals surface area contributed by atoms with E-state index < -0.39 is 5.91 Å². The Morgan fingerprint density at radius 2 is 1.81 bits per heavy atom. The van der Waals surface area contributed by atoms with Crippen molar-refractivity contribution in [3.05, 3.63) is 23.3 Å². The molecular weight excluding hydrogens is 398 g/mol. The zero-order chi connectivity index (χ0) is 23.5. The van der Waals surface area contributed by atoms with Gasteiger partial charge in [0.1, 0.15) is 0 Å². The molecule has 6 atom stereocenters. The first kappa shape index (κ1) is 24.2. The molecule has 3 N–H and O–H groups in total. The molecule has 1 heterocycles. The topological polar surface area (TPSA) is 73.0 Å². The summed E-state index contributed by atoms with van der Waals surface area (Å²) in [7, 11) is 0. The average Bonchev–Trinajstić information content (AvgIpc) is 2.71. The van der Waals surface area contributed by atoms with E-state index in [0.717, 1.165) is 63.5 Å². The Kier molecular flexibility index (Phi) is 6.31. The van der Waals surface area contributed by atoms with Crippen LogP contribution >= 0.6 is 0 Å². The Hall–Kier alpha value is -0.970. The van der Waals surface area contributed by atoms with E-state index in [1.165, 1.54) is 16.7 Å². The zero-order valence-corrected chi connectivity index (χ0v) is 21.0. The van der Waals surface area contributed by atoms with Gasteiger partial charge in [0.2, 0.25) is 0 Å². The third kappa shape index (κ3) is 4.05. The molecule has 0 unspecified atom stereocenters. The van der Waals surface area contributed by atoms with Gasteiger partial charge in [0.15, 0.2) is 0 Å². The number of allylic oxidation sites excluding steroid dienone is 3. The van der Waals surface area contributed by atoms with E-state index in [0.29, 0.717) is 24.2 Å². The Morgan fingerprint density at radius 1 is 1.09 bits per heavy atom. The smallest absolute Gasteiger partial charge is 0.264 e. The van der Waals surface area contributed by atoms with Crippen molar-refractivity contribution in [2.24, 2.45) is 39.5 Å². The highest BCUT2D eigenvalue weighted by Gasteiger charge is 2.55. The van der Waals surface area contributed by atoms with Gasteiger partial charge < -0.3 is 15.3 Å². The van der Waals surface area contributed by atoms with E-state index in [9.17, 15) is 15.3 Å². The summed E-state index contributed by atoms with van der Waals surface area (Å²) in [5.74, 6) is -0.387. The van der Waals surface area contributed by atoms with Crippen molar-refractivity contribution >= 4 is 5.71 Å². The Balaban J connectivity index is 1.67. The van der Waals surface area contributed by atoms with E-state index in [1.54, 1.807) is 0 Å². The molecule has 3 aliphatic carbocycles. The molecule has 180 valence electrons. The first-order chi connectivity index (χ1) is 14.9. The normalized spacial score (nSPS) is 39.7. The van der Waals surface area contributed by atoms with Gasteiger partial charge in [-0.25, -0.2) is 4.99 Å². The molecule has 0 aromatic carbocycles. The van der Waals surface area contributed by atoms with Gasteiger partial charge in [-0.1, -0.05) is 52.3 Å². The molecule has 1 fully saturated rings. The zero-order valence-electron chi connectivity index (χ0n) is 21.0. The van der Waals surface area contributed by atoms with Crippen molar-refractivity contribution in [2.45, 2.75) is 111 Å². The second-order valence-electron chi connectivity index (χ2n) is 12.3. The molecule has 0 spiro atoms. The highest BCUT2D eigenvalue weighted by atomic mass is 16.5. The van der Waals surface area contributed by atoms with Gasteiger partial charge in [-0.05, 0) is 92.4 Å². The lowest BCUT2D eigenvalue weighted by Crippen LogP contribution is -2.53. The number of aliphatic hydroxyl groups excluding tert-OH is 1. The summed E-state index contributed by atoms with van der Waals surface area (Å²) in [5, 5.41) is 31.9. The molecule has 1 aliphatic heterocycles. The molecule has 4 nitrogen and oxygen atoms in total. The van der Waals surface area contributed by atoms with Crippen molar-refractivity contribution in [1.82, 2.24) is 0 Å². The van der Waals surface area contributed by atoms with Crippen LogP contribution in [0.25, 0.3) is 0 Å². The number of hydrogen-bond donors (Lipinski definition) is 3. The monoisotopic (exact) mass is 443 g/mol. The van der Waals surface area contributed by atoms with Crippen LogP contribution in [0.15, 0.2) is 28.3 Å². The van der Waals surface area contributed by atoms with E-state index in [4.69, 9.17) is 0 Å². The molecule has 0 bridgehead atoms. The fourth-order valence-electron chi connectivity index (χ4n) is 7.60. The predicted molar refractivity (Wildman–Crippen MR) is 130 cm³/mol. The summed E-state index contributed by atoms with van der Waals surface area (Å²) in [5.41, 5.74) is 5.12. The summed E-state index contributed by atoms with van der Waals surface area (Å²) in [6.45, 7) is 15.7. The Bertz CT molecular complexity index is 825. The highest BCUT2D eigenvalue weighted by molar-refractivity contribution is 6.06. The van der Waals surface area contributed by atoms with Crippen LogP contribution in [-0.4, -0.2) is 33.0 Å². The molecule has 32 heavy (non-hydrogen) atoms. The fourth-order valence-corrected chi connectivity index (χ4v) is 7.60. The minimum absolute atomic E-state index is 0.107. The molecule has 4 rings (SSSR count). The minimum Gasteiger partial charge on any atom is -0.393 e. The molecule has 0 saturated heterocycles. The molecule has 1 saturated carbocycles. The molecule has 0 aromatic rings. The van der Waals surface area contributed by atoms with Crippen LogP contribution in [-0.2, 0) is 0 Å². The van der Waals surface area contributed by atoms with Gasteiger partial charge >= 0.3 is 0 Å². The van der Waals surface area contributed by atoms with Crippen LogP contribution in [0.2, 0.25) is 0 Å². The summed E-state index contributed by atoms with van der Waals surface area (Å²) in [4.78, 5) is 4.64. The maximum absolute atomic E-state index is 10.8. The first-order valence-corrected chi connectivity index (χ1v) is 13.0. The Labute approximate surface area is 194 Å². The molecule has 4 heteroatoms. The maximum Gasteiger partial charge on any atom is 0.264 e. The van der Waals surface area contributed by atoms with E-state index >= 15 is 0 Å². The van der Waals surface area contributed by atoms with Crippen LogP contribution in [0.3, 0.4) is 0 Å². The number of aliphatic imine (C=N–C) groups is 1. The van der Waals surface area contributed by atoms with Gasteiger partial charge in [0.25, 0.3) is 5.91 Å². The lowest BCUT2D eigenvalue weighted by atomic mass is 9.50. The standard InChI is InChI=1S/C28H45NO3/c1-17(2)18(3)7-8-19(4)24-16-28(31,32)29-25-22-10-9-20-15-21(30)11-13-26(20,5)23(22)12-14-27(24,25)6/h17,19-21,24,30-32H,3,7-16H2,1-2,4-6H3/t19-,20-,21-,24+,26-,27+/m0/s1. The molecule has 0 radical (unpaired) electrons. The van der Waals surface area contributed by atoms with Crippen LogP contribution < -0.4 is 0 Å². The fraction of sp³-hybridized carbons (Fsp3) is 0.821. The van der Waals surface area contributed by atoms with E-state index in [2.05, 4.69) is 46.2 Å². The summed E-state index contributed by atoms with van der Waals surface area (Å²) < 4.78 is 0. The molecule has 4 aliphatic rings. The number of rotatable bonds is 5. The number of aliphatic hydroxyl groups is 3. The van der Waals surface area contributed by atoms with Gasteiger partial charge in [-0.2, -0.15) is 0 Å². The van der Waals surface area contributed by atoms with Crippen molar-refractivity contribution in [3.8, 4) is 0 Å². The molecular formula is C28H45NO3. The summed E-state index contributed by atoms with van der Waals surface area (Å²) >= 11 is 0. The van der Waals surface area contributed by atoms with Crippen molar-refractivity contribution in [2.75, 3.05) is 0 Å². The van der Waals surface area contributed by atoms with Gasteiger partial charge in [0.05, 0.1) is 11.8 Å². The van der Waals surface area contributed by atoms with Gasteiger partial charge in [0, 0.05) is 11.8 Å². The maximum atomic E-state index is 10.8. The minimum atomic E-state index is -1.97. The number of hydrogen-bond acceptors (Lipinski definition) is 4. The van der Waals surface area contributed by atoms with Crippen molar-refractivity contribution < 1.29 is 15.3 Å². The van der Waals surface area contributed by atoms with Crippen LogP contribution in [0.5, 0.6) is 0 Å². The number of fused-ring (bicyclic) bond motifs is 4. The van der Waals surface area contributed by atoms with Crippen LogP contribution in [0.1, 0.15) is 98.8 Å². The second kappa shape index (κ2) is 8.36. The summed E-state index contributed by atoms with van der Waals surface area (Å²) in [6.07, 6.45) is 9.13. The highest BCUT2D eigenvalue weighted by Crippen LogP contribution is 2.61. The second-order valence-corrected chi connectivity index (χ2v) is 12.3. The first-order valence-electron chi connectivity index (χ1n) is 13.0. The summed E-state index contributed by atoms with van der Waals surface area (Å²) in [6, 6.07) is 0. The lowest BCUT2D eigenvalue weighted by Gasteiger charge is -2.56.